The summed E-state index contributed by atoms with van der Waals surface area (Å²) in [5.74, 6) is 0.779. The largest absolute Gasteiger partial charge is 0.394 e. The second kappa shape index (κ2) is 7.43. The molecule has 1 aliphatic carbocycles. The Morgan fingerprint density at radius 2 is 2.25 bits per heavy atom. The minimum atomic E-state index is -0.177. The molecule has 1 aromatic carbocycles. The van der Waals surface area contributed by atoms with Crippen LogP contribution in [-0.2, 0) is 0 Å². The Morgan fingerprint density at radius 1 is 1.45 bits per heavy atom. The third kappa shape index (κ3) is 4.76. The van der Waals surface area contributed by atoms with E-state index in [0.717, 1.165) is 29.9 Å². The molecule has 0 spiro atoms. The van der Waals surface area contributed by atoms with Crippen molar-refractivity contribution in [3.8, 4) is 0 Å². The molecule has 1 saturated carbocycles. The minimum absolute atomic E-state index is 0.121. The summed E-state index contributed by atoms with van der Waals surface area (Å²) < 4.78 is 13.1. The van der Waals surface area contributed by atoms with Crippen molar-refractivity contribution in [3.05, 3.63) is 30.1 Å². The number of benzene rings is 1. The highest BCUT2D eigenvalue weighted by atomic mass is 32.2. The number of hydrogen-bond donors (Lipinski definition) is 2. The first-order valence-corrected chi connectivity index (χ1v) is 8.43. The second-order valence-electron chi connectivity index (χ2n) is 5.62. The van der Waals surface area contributed by atoms with Crippen LogP contribution >= 0.6 is 11.8 Å². The van der Waals surface area contributed by atoms with Crippen molar-refractivity contribution in [2.75, 3.05) is 12.4 Å². The van der Waals surface area contributed by atoms with Gasteiger partial charge in [-0.1, -0.05) is 13.0 Å². The lowest BCUT2D eigenvalue weighted by atomic mass is 9.91. The maximum absolute atomic E-state index is 13.1. The van der Waals surface area contributed by atoms with E-state index < -0.39 is 0 Å². The summed E-state index contributed by atoms with van der Waals surface area (Å²) in [5.41, 5.74) is -0.121. The van der Waals surface area contributed by atoms with Crippen molar-refractivity contribution in [3.63, 3.8) is 0 Å². The molecule has 112 valence electrons. The predicted molar refractivity (Wildman–Crippen MR) is 82.6 cm³/mol. The Labute approximate surface area is 125 Å². The third-order valence-electron chi connectivity index (χ3n) is 3.93. The molecule has 1 atom stereocenters. The zero-order valence-electron chi connectivity index (χ0n) is 12.1. The Bertz CT molecular complexity index is 419. The van der Waals surface area contributed by atoms with Gasteiger partial charge in [0, 0.05) is 16.5 Å². The summed E-state index contributed by atoms with van der Waals surface area (Å²) in [5, 5.41) is 13.3. The number of hydrogen-bond acceptors (Lipinski definition) is 3. The van der Waals surface area contributed by atoms with E-state index >= 15 is 0 Å². The fourth-order valence-corrected chi connectivity index (χ4v) is 3.30. The number of halogens is 1. The molecule has 1 aromatic rings. The van der Waals surface area contributed by atoms with Crippen LogP contribution in [-0.4, -0.2) is 29.0 Å². The SMILES string of the molecule is CCC(CO)(CCCSc1cccc(F)c1)NC1CC1. The summed E-state index contributed by atoms with van der Waals surface area (Å²) in [6.07, 6.45) is 5.42. The molecule has 0 aliphatic heterocycles. The highest BCUT2D eigenvalue weighted by molar-refractivity contribution is 7.99. The quantitative estimate of drug-likeness (QED) is 0.539. The molecule has 1 unspecified atom stereocenters. The highest BCUT2D eigenvalue weighted by Gasteiger charge is 2.33. The van der Waals surface area contributed by atoms with Gasteiger partial charge in [0.2, 0.25) is 0 Å². The van der Waals surface area contributed by atoms with Crippen molar-refractivity contribution >= 4 is 11.8 Å². The van der Waals surface area contributed by atoms with Gasteiger partial charge in [-0.05, 0) is 56.1 Å². The van der Waals surface area contributed by atoms with Gasteiger partial charge in [-0.25, -0.2) is 4.39 Å². The average molecular weight is 297 g/mol. The van der Waals surface area contributed by atoms with Crippen LogP contribution in [0.5, 0.6) is 0 Å². The highest BCUT2D eigenvalue weighted by Crippen LogP contribution is 2.28. The van der Waals surface area contributed by atoms with E-state index in [4.69, 9.17) is 0 Å². The van der Waals surface area contributed by atoms with Crippen molar-refractivity contribution in [2.45, 2.75) is 55.5 Å². The lowest BCUT2D eigenvalue weighted by Gasteiger charge is -2.32. The van der Waals surface area contributed by atoms with Crippen molar-refractivity contribution in [1.82, 2.24) is 5.32 Å². The molecular weight excluding hydrogens is 273 g/mol. The maximum Gasteiger partial charge on any atom is 0.124 e. The topological polar surface area (TPSA) is 32.3 Å². The molecule has 0 aromatic heterocycles. The molecule has 0 saturated heterocycles. The Kier molecular flexibility index (Phi) is 5.87. The maximum atomic E-state index is 13.1. The van der Waals surface area contributed by atoms with Gasteiger partial charge in [-0.2, -0.15) is 0 Å². The van der Waals surface area contributed by atoms with Crippen molar-refractivity contribution in [1.29, 1.82) is 0 Å². The molecule has 20 heavy (non-hydrogen) atoms. The number of aliphatic hydroxyl groups is 1. The number of rotatable bonds is 9. The van der Waals surface area contributed by atoms with Gasteiger partial charge in [-0.3, -0.25) is 0 Å². The first-order chi connectivity index (χ1) is 9.67. The van der Waals surface area contributed by atoms with E-state index in [1.807, 2.05) is 6.07 Å². The Hall–Kier alpha value is -0.580. The minimum Gasteiger partial charge on any atom is -0.394 e. The zero-order chi connectivity index (χ0) is 14.4. The molecule has 4 heteroatoms. The van der Waals surface area contributed by atoms with Crippen LogP contribution in [0.25, 0.3) is 0 Å². The average Bonchev–Trinajstić information content (AvgIpc) is 3.26. The first kappa shape index (κ1) is 15.8. The monoisotopic (exact) mass is 297 g/mol. The first-order valence-electron chi connectivity index (χ1n) is 7.44. The summed E-state index contributed by atoms with van der Waals surface area (Å²) in [4.78, 5) is 0.978. The van der Waals surface area contributed by atoms with E-state index in [0.29, 0.717) is 6.04 Å². The lowest BCUT2D eigenvalue weighted by molar-refractivity contribution is 0.144. The molecule has 1 aliphatic rings. The van der Waals surface area contributed by atoms with E-state index in [1.165, 1.54) is 18.9 Å². The van der Waals surface area contributed by atoms with Crippen molar-refractivity contribution < 1.29 is 9.50 Å². The zero-order valence-corrected chi connectivity index (χ0v) is 12.9. The Balaban J connectivity index is 1.75. The molecule has 2 rings (SSSR count). The number of thioether (sulfide) groups is 1. The van der Waals surface area contributed by atoms with Gasteiger partial charge in [-0.15, -0.1) is 11.8 Å². The fourth-order valence-electron chi connectivity index (χ4n) is 2.41. The molecular formula is C16H24FNOS. The normalized spacial score (nSPS) is 17.9. The number of aliphatic hydroxyl groups excluding tert-OH is 1. The van der Waals surface area contributed by atoms with Crippen LogP contribution < -0.4 is 5.32 Å². The fraction of sp³-hybridized carbons (Fsp3) is 0.625. The third-order valence-corrected chi connectivity index (χ3v) is 5.01. The van der Waals surface area contributed by atoms with Gasteiger partial charge in [0.1, 0.15) is 5.82 Å². The van der Waals surface area contributed by atoms with E-state index in [-0.39, 0.29) is 18.0 Å². The molecule has 2 N–H and O–H groups in total. The van der Waals surface area contributed by atoms with E-state index in [9.17, 15) is 9.50 Å². The summed E-state index contributed by atoms with van der Waals surface area (Å²) in [6.45, 7) is 2.33. The van der Waals surface area contributed by atoms with Crippen LogP contribution in [0, 0.1) is 5.82 Å². The van der Waals surface area contributed by atoms with Crippen LogP contribution in [0.4, 0.5) is 4.39 Å². The summed E-state index contributed by atoms with van der Waals surface area (Å²) >= 11 is 1.68. The van der Waals surface area contributed by atoms with E-state index in [1.54, 1.807) is 23.9 Å². The number of nitrogens with one attached hydrogen (secondary N) is 1. The molecule has 0 bridgehead atoms. The van der Waals surface area contributed by atoms with Gasteiger partial charge in [0.25, 0.3) is 0 Å². The molecule has 0 heterocycles. The standard InChI is InChI=1S/C16H24FNOS/c1-2-16(12-19,18-14-7-8-14)9-4-10-20-15-6-3-5-13(17)11-15/h3,5-6,11,14,18-19H,2,4,7-10,12H2,1H3. The van der Waals surface area contributed by atoms with Crippen LogP contribution in [0.2, 0.25) is 0 Å². The molecule has 0 amide bonds. The van der Waals surface area contributed by atoms with E-state index in [2.05, 4.69) is 12.2 Å². The summed E-state index contributed by atoms with van der Waals surface area (Å²) in [6, 6.07) is 7.34. The van der Waals surface area contributed by atoms with Crippen molar-refractivity contribution in [2.24, 2.45) is 0 Å². The summed E-state index contributed by atoms with van der Waals surface area (Å²) in [7, 11) is 0. The van der Waals surface area contributed by atoms with Crippen LogP contribution in [0.3, 0.4) is 0 Å². The lowest BCUT2D eigenvalue weighted by Crippen LogP contribution is -2.49. The molecule has 1 fully saturated rings. The smallest absolute Gasteiger partial charge is 0.124 e. The van der Waals surface area contributed by atoms with Gasteiger partial charge < -0.3 is 10.4 Å². The molecule has 2 nitrogen and oxygen atoms in total. The van der Waals surface area contributed by atoms with Gasteiger partial charge in [0.05, 0.1) is 6.61 Å². The van der Waals surface area contributed by atoms with Crippen LogP contribution in [0.15, 0.2) is 29.2 Å². The molecule has 0 radical (unpaired) electrons. The predicted octanol–water partition coefficient (Wildman–Crippen LogP) is 3.59. The van der Waals surface area contributed by atoms with Gasteiger partial charge in [0.15, 0.2) is 0 Å². The van der Waals surface area contributed by atoms with Gasteiger partial charge >= 0.3 is 0 Å². The Morgan fingerprint density at radius 3 is 2.85 bits per heavy atom. The van der Waals surface area contributed by atoms with Crippen LogP contribution in [0.1, 0.15) is 39.0 Å². The second-order valence-corrected chi connectivity index (χ2v) is 6.79.